The highest BCUT2D eigenvalue weighted by molar-refractivity contribution is 5.73. The lowest BCUT2D eigenvalue weighted by Crippen LogP contribution is -2.46. The molecule has 1 aromatic carbocycles. The number of amidine groups is 1. The Hall–Kier alpha value is -3.59. The molecule has 0 saturated heterocycles. The van der Waals surface area contributed by atoms with Gasteiger partial charge in [0.05, 0.1) is 0 Å². The molecule has 2 N–H and O–H groups in total. The van der Waals surface area contributed by atoms with Crippen LogP contribution in [0.15, 0.2) is 41.5 Å². The van der Waals surface area contributed by atoms with Crippen LogP contribution in [0.25, 0.3) is 0 Å². The van der Waals surface area contributed by atoms with E-state index in [0.717, 1.165) is 6.07 Å². The molecule has 0 radical (unpaired) electrons. The van der Waals surface area contributed by atoms with E-state index in [1.807, 2.05) is 6.07 Å². The molecule has 2 heterocycles. The normalized spacial score (nSPS) is 21.2. The molecule has 9 heteroatoms. The number of benzene rings is 1. The summed E-state index contributed by atoms with van der Waals surface area (Å²) in [6, 6.07) is 6.06. The molecule has 0 fully saturated rings. The molecule has 0 unspecified atom stereocenters. The molecule has 2 atom stereocenters. The fourth-order valence-electron chi connectivity index (χ4n) is 2.91. The molecule has 5 nitrogen and oxygen atoms in total. The van der Waals surface area contributed by atoms with Gasteiger partial charge in [0.2, 0.25) is 0 Å². The lowest BCUT2D eigenvalue weighted by molar-refractivity contribution is -0.164. The quantitative estimate of drug-likeness (QED) is 0.586. The Morgan fingerprint density at radius 3 is 2.52 bits per heavy atom. The third-order valence-electron chi connectivity index (χ3n) is 4.34. The Morgan fingerprint density at radius 1 is 1.21 bits per heavy atom. The van der Waals surface area contributed by atoms with E-state index < -0.39 is 36.1 Å². The first-order valence-electron chi connectivity index (χ1n) is 8.38. The van der Waals surface area contributed by atoms with Gasteiger partial charge in [-0.2, -0.15) is 18.4 Å². The molecule has 0 bridgehead atoms. The van der Waals surface area contributed by atoms with Crippen LogP contribution in [-0.2, 0) is 10.3 Å². The maximum absolute atomic E-state index is 14.5. The first-order valence-corrected chi connectivity index (χ1v) is 8.38. The van der Waals surface area contributed by atoms with Crippen LogP contribution in [0.1, 0.15) is 35.7 Å². The average molecular weight is 402 g/mol. The van der Waals surface area contributed by atoms with Gasteiger partial charge in [0.15, 0.2) is 6.04 Å². The van der Waals surface area contributed by atoms with Crippen molar-refractivity contribution in [3.8, 4) is 17.9 Å². The van der Waals surface area contributed by atoms with Crippen LogP contribution in [0.4, 0.5) is 17.6 Å². The summed E-state index contributed by atoms with van der Waals surface area (Å²) >= 11 is 0. The highest BCUT2D eigenvalue weighted by atomic mass is 19.4. The van der Waals surface area contributed by atoms with Crippen LogP contribution < -0.4 is 5.73 Å². The van der Waals surface area contributed by atoms with E-state index >= 15 is 0 Å². The Bertz CT molecular complexity index is 1060. The van der Waals surface area contributed by atoms with Crippen molar-refractivity contribution in [2.24, 2.45) is 10.7 Å². The van der Waals surface area contributed by atoms with Crippen molar-refractivity contribution in [1.29, 1.82) is 5.26 Å². The molecule has 29 heavy (non-hydrogen) atoms. The minimum absolute atomic E-state index is 0.102. The minimum atomic E-state index is -4.63. The number of ether oxygens (including phenoxy) is 1. The highest BCUT2D eigenvalue weighted by Crippen LogP contribution is 2.40. The Balaban J connectivity index is 1.94. The smallest absolute Gasteiger partial charge is 0.411 e. The van der Waals surface area contributed by atoms with E-state index in [2.05, 4.69) is 21.8 Å². The zero-order chi connectivity index (χ0) is 21.2. The molecule has 1 aliphatic rings. The third-order valence-corrected chi connectivity index (χ3v) is 4.34. The molecular formula is C20H14F4N4O. The average Bonchev–Trinajstić information content (AvgIpc) is 2.66. The van der Waals surface area contributed by atoms with Crippen molar-refractivity contribution in [1.82, 2.24) is 4.98 Å². The zero-order valence-corrected chi connectivity index (χ0v) is 15.1. The summed E-state index contributed by atoms with van der Waals surface area (Å²) in [4.78, 5) is 7.17. The fraction of sp³-hybridized carbons (Fsp3) is 0.250. The van der Waals surface area contributed by atoms with Gasteiger partial charge >= 0.3 is 6.18 Å². The summed E-state index contributed by atoms with van der Waals surface area (Å²) in [6.07, 6.45) is -3.84. The van der Waals surface area contributed by atoms with Crippen molar-refractivity contribution in [3.63, 3.8) is 0 Å². The van der Waals surface area contributed by atoms with Crippen molar-refractivity contribution in [2.75, 3.05) is 0 Å². The number of hydrogen-bond donors (Lipinski definition) is 1. The lowest BCUT2D eigenvalue weighted by atomic mass is 9.86. The first kappa shape index (κ1) is 20.2. The minimum Gasteiger partial charge on any atom is -0.454 e. The van der Waals surface area contributed by atoms with Gasteiger partial charge in [0.25, 0.3) is 6.02 Å². The maximum atomic E-state index is 14.5. The molecular weight excluding hydrogens is 388 g/mol. The second kappa shape index (κ2) is 7.44. The van der Waals surface area contributed by atoms with Gasteiger partial charge in [-0.25, -0.2) is 14.4 Å². The van der Waals surface area contributed by atoms with E-state index in [0.29, 0.717) is 11.1 Å². The summed E-state index contributed by atoms with van der Waals surface area (Å²) in [5.41, 5.74) is 4.78. The Kier molecular flexibility index (Phi) is 5.17. The van der Waals surface area contributed by atoms with Crippen LogP contribution in [-0.4, -0.2) is 23.2 Å². The number of nitrogens with zero attached hydrogens (tertiary/aromatic N) is 3. The van der Waals surface area contributed by atoms with Gasteiger partial charge in [-0.3, -0.25) is 0 Å². The second-order valence-corrected chi connectivity index (χ2v) is 6.55. The molecule has 1 aromatic heterocycles. The number of nitriles is 1. The number of hydrogen-bond acceptors (Lipinski definition) is 5. The van der Waals surface area contributed by atoms with E-state index in [-0.39, 0.29) is 11.3 Å². The molecule has 0 aliphatic carbocycles. The number of aliphatic imine (C=N–C) groups is 1. The van der Waals surface area contributed by atoms with Crippen LogP contribution in [0.3, 0.4) is 0 Å². The van der Waals surface area contributed by atoms with Crippen molar-refractivity contribution in [3.05, 3.63) is 64.7 Å². The van der Waals surface area contributed by atoms with Gasteiger partial charge in [-0.15, -0.1) is 0 Å². The predicted octanol–water partition coefficient (Wildman–Crippen LogP) is 3.37. The molecule has 2 aromatic rings. The highest BCUT2D eigenvalue weighted by Gasteiger charge is 2.49. The van der Waals surface area contributed by atoms with Gasteiger partial charge in [0, 0.05) is 29.3 Å². The summed E-state index contributed by atoms with van der Waals surface area (Å²) < 4.78 is 59.2. The molecule has 0 saturated carbocycles. The molecule has 1 aliphatic heterocycles. The summed E-state index contributed by atoms with van der Waals surface area (Å²) in [6.45, 7) is 1.33. The van der Waals surface area contributed by atoms with Crippen LogP contribution in [0, 0.1) is 29.0 Å². The van der Waals surface area contributed by atoms with E-state index in [9.17, 15) is 17.6 Å². The third kappa shape index (κ3) is 4.46. The fourth-order valence-corrected chi connectivity index (χ4v) is 2.91. The predicted molar refractivity (Wildman–Crippen MR) is 95.9 cm³/mol. The molecule has 0 amide bonds. The van der Waals surface area contributed by atoms with E-state index in [1.54, 1.807) is 6.07 Å². The summed E-state index contributed by atoms with van der Waals surface area (Å²) in [7, 11) is 0. The molecule has 3 rings (SSSR count). The lowest BCUT2D eigenvalue weighted by Gasteiger charge is -2.37. The van der Waals surface area contributed by atoms with Crippen molar-refractivity contribution < 1.29 is 22.3 Å². The van der Waals surface area contributed by atoms with Gasteiger partial charge < -0.3 is 10.5 Å². The van der Waals surface area contributed by atoms with E-state index in [4.69, 9.17) is 15.7 Å². The Labute approximate surface area is 163 Å². The molecule has 148 valence electrons. The molecule has 0 spiro atoms. The number of alkyl halides is 3. The number of pyridine rings is 1. The van der Waals surface area contributed by atoms with Crippen molar-refractivity contribution >= 4 is 6.02 Å². The monoisotopic (exact) mass is 402 g/mol. The van der Waals surface area contributed by atoms with Crippen molar-refractivity contribution in [2.45, 2.75) is 31.2 Å². The summed E-state index contributed by atoms with van der Waals surface area (Å²) in [5.74, 6) is 4.86. The topological polar surface area (TPSA) is 84.3 Å². The SMILES string of the molecule is C[C@@]1(c2cc(C#Cc3ccc(C#N)nc3)ccc2F)C[C@@H](C(F)(F)F)N=C(N)O1. The van der Waals surface area contributed by atoms with Crippen LogP contribution >= 0.6 is 0 Å². The Morgan fingerprint density at radius 2 is 1.90 bits per heavy atom. The van der Waals surface area contributed by atoms with Gasteiger partial charge in [-0.1, -0.05) is 11.8 Å². The van der Waals surface area contributed by atoms with Gasteiger partial charge in [-0.05, 0) is 37.3 Å². The number of halogens is 4. The zero-order valence-electron chi connectivity index (χ0n) is 15.1. The second-order valence-electron chi connectivity index (χ2n) is 6.55. The number of rotatable bonds is 1. The largest absolute Gasteiger partial charge is 0.454 e. The van der Waals surface area contributed by atoms with Gasteiger partial charge in [0.1, 0.15) is 23.2 Å². The maximum Gasteiger partial charge on any atom is 0.411 e. The van der Waals surface area contributed by atoms with Crippen LogP contribution in [0.5, 0.6) is 0 Å². The van der Waals surface area contributed by atoms with E-state index in [1.165, 1.54) is 31.3 Å². The standard InChI is InChI=1S/C20H14F4N4O/c1-19(9-17(20(22,23)24)28-18(26)29-19)15-8-12(5-7-16(15)21)2-3-13-4-6-14(10-25)27-11-13/h4-8,11,17H,9H2,1H3,(H2,26,28)/t17-,19-/m0/s1. The van der Waals surface area contributed by atoms with Crippen LogP contribution in [0.2, 0.25) is 0 Å². The first-order chi connectivity index (χ1) is 13.6. The number of aromatic nitrogens is 1. The number of nitrogens with two attached hydrogens (primary N) is 1. The summed E-state index contributed by atoms with van der Waals surface area (Å²) in [5, 5.41) is 8.74.